The molecule has 8 nitrogen and oxygen atoms in total. The normalized spacial score (nSPS) is 18.7. The number of hydrogen-bond donors (Lipinski definition) is 5. The number of ether oxygens (including phenoxy) is 2. The molecule has 0 aromatic heterocycles. The van der Waals surface area contributed by atoms with Gasteiger partial charge in [-0.1, -0.05) is 48.5 Å². The number of carbonyl (C=O) groups is 1. The fourth-order valence-corrected chi connectivity index (χ4v) is 4.91. The van der Waals surface area contributed by atoms with Crippen LogP contribution in [-0.2, 0) is 13.0 Å². The number of piperidine rings is 1. The summed E-state index contributed by atoms with van der Waals surface area (Å²) in [5.41, 5.74) is 2.29. The Labute approximate surface area is 204 Å². The van der Waals surface area contributed by atoms with Gasteiger partial charge in [-0.05, 0) is 71.8 Å². The molecule has 3 aromatic carbocycles. The summed E-state index contributed by atoms with van der Waals surface area (Å²) in [5, 5.41) is 22.5. The zero-order chi connectivity index (χ0) is 24.0. The van der Waals surface area contributed by atoms with Crippen molar-refractivity contribution in [2.45, 2.75) is 19.4 Å². The summed E-state index contributed by atoms with van der Waals surface area (Å²) in [4.78, 5) is 12.5. The molecule has 182 valence electrons. The van der Waals surface area contributed by atoms with Crippen molar-refractivity contribution in [3.63, 3.8) is 0 Å². The molecule has 2 heterocycles. The van der Waals surface area contributed by atoms with E-state index in [-0.39, 0.29) is 18.8 Å². The lowest BCUT2D eigenvalue weighted by molar-refractivity contribution is 0.174. The molecular weight excluding hydrogens is 442 g/mol. The summed E-state index contributed by atoms with van der Waals surface area (Å²) in [6, 6.07) is 20.0. The van der Waals surface area contributed by atoms with E-state index in [4.69, 9.17) is 14.9 Å². The molecule has 35 heavy (non-hydrogen) atoms. The lowest BCUT2D eigenvalue weighted by atomic mass is 9.82. The Kier molecular flexibility index (Phi) is 6.99. The van der Waals surface area contributed by atoms with Gasteiger partial charge in [0.1, 0.15) is 0 Å². The molecule has 8 heteroatoms. The molecule has 0 aliphatic carbocycles. The molecule has 2 atom stereocenters. The van der Waals surface area contributed by atoms with E-state index >= 15 is 0 Å². The maximum Gasteiger partial charge on any atom is 0.321 e. The van der Waals surface area contributed by atoms with Crippen LogP contribution in [0.3, 0.4) is 0 Å². The second-order valence-corrected chi connectivity index (χ2v) is 9.11. The van der Waals surface area contributed by atoms with Gasteiger partial charge < -0.3 is 25.4 Å². The van der Waals surface area contributed by atoms with Crippen molar-refractivity contribution < 1.29 is 14.3 Å². The first-order valence-corrected chi connectivity index (χ1v) is 12.1. The topological polar surface area (TPSA) is 108 Å². The average Bonchev–Trinajstić information content (AvgIpc) is 3.35. The van der Waals surface area contributed by atoms with Crippen LogP contribution >= 0.6 is 0 Å². The van der Waals surface area contributed by atoms with Gasteiger partial charge in [-0.15, -0.1) is 0 Å². The average molecular weight is 474 g/mol. The third kappa shape index (κ3) is 5.66. The standard InChI is InChI=1S/C27H31N5O3/c28-26(30-16-21-6-3-5-19-4-1-2-7-23(19)21)32-27(33)31-15-20-10-11-29-14-22(20)12-18-8-9-24-25(13-18)35-17-34-24/h1-9,13,20,22,29H,10-12,14-17H2,(H4,28,30,31,32,33). The number of carbonyl (C=O) groups excluding carboxylic acids is 1. The number of guanidine groups is 1. The van der Waals surface area contributed by atoms with E-state index < -0.39 is 0 Å². The summed E-state index contributed by atoms with van der Waals surface area (Å²) in [7, 11) is 0. The van der Waals surface area contributed by atoms with Crippen LogP contribution in [0.4, 0.5) is 4.79 Å². The van der Waals surface area contributed by atoms with E-state index in [1.807, 2.05) is 30.3 Å². The van der Waals surface area contributed by atoms with Gasteiger partial charge in [-0.3, -0.25) is 10.7 Å². The number of urea groups is 1. The minimum atomic E-state index is -0.360. The second-order valence-electron chi connectivity index (χ2n) is 9.11. The second kappa shape index (κ2) is 10.7. The SMILES string of the molecule is N=C(NCc1cccc2ccccc12)NC(=O)NCC1CCNCC1Cc1ccc2c(c1)OCO2. The Balaban J connectivity index is 1.10. The first-order chi connectivity index (χ1) is 17.2. The first-order valence-electron chi connectivity index (χ1n) is 12.1. The van der Waals surface area contributed by atoms with Crippen molar-refractivity contribution >= 4 is 22.8 Å². The summed E-state index contributed by atoms with van der Waals surface area (Å²) >= 11 is 0. The third-order valence-electron chi connectivity index (χ3n) is 6.80. The molecule has 1 fully saturated rings. The lowest BCUT2D eigenvalue weighted by Gasteiger charge is -2.32. The lowest BCUT2D eigenvalue weighted by Crippen LogP contribution is -2.48. The van der Waals surface area contributed by atoms with Gasteiger partial charge in [-0.2, -0.15) is 0 Å². The Morgan fingerprint density at radius 1 is 1.00 bits per heavy atom. The molecule has 2 unspecified atom stereocenters. The number of fused-ring (bicyclic) bond motifs is 2. The molecule has 5 rings (SSSR count). The molecule has 2 aliphatic heterocycles. The maximum absolute atomic E-state index is 12.5. The Bertz CT molecular complexity index is 1210. The van der Waals surface area contributed by atoms with Gasteiger partial charge in [0.15, 0.2) is 17.5 Å². The first kappa shape index (κ1) is 23.0. The van der Waals surface area contributed by atoms with Gasteiger partial charge in [-0.25, -0.2) is 4.79 Å². The molecule has 3 aromatic rings. The van der Waals surface area contributed by atoms with Crippen molar-refractivity contribution in [1.29, 1.82) is 5.41 Å². The predicted octanol–water partition coefficient (Wildman–Crippen LogP) is 3.36. The van der Waals surface area contributed by atoms with E-state index in [9.17, 15) is 4.79 Å². The highest BCUT2D eigenvalue weighted by molar-refractivity contribution is 5.94. The summed E-state index contributed by atoms with van der Waals surface area (Å²) in [6.45, 7) is 3.15. The van der Waals surface area contributed by atoms with Gasteiger partial charge in [0.05, 0.1) is 0 Å². The Morgan fingerprint density at radius 3 is 2.80 bits per heavy atom. The highest BCUT2D eigenvalue weighted by atomic mass is 16.7. The summed E-state index contributed by atoms with van der Waals surface area (Å²) in [5.74, 6) is 2.33. The van der Waals surface area contributed by atoms with Crippen LogP contribution in [0.15, 0.2) is 60.7 Å². The molecule has 0 radical (unpaired) electrons. The van der Waals surface area contributed by atoms with Gasteiger partial charge >= 0.3 is 6.03 Å². The van der Waals surface area contributed by atoms with Crippen LogP contribution in [0.1, 0.15) is 17.5 Å². The largest absolute Gasteiger partial charge is 0.454 e. The van der Waals surface area contributed by atoms with Crippen LogP contribution in [0.2, 0.25) is 0 Å². The zero-order valence-corrected chi connectivity index (χ0v) is 19.6. The van der Waals surface area contributed by atoms with E-state index in [0.29, 0.717) is 24.9 Å². The van der Waals surface area contributed by atoms with E-state index in [0.717, 1.165) is 53.8 Å². The van der Waals surface area contributed by atoms with Crippen LogP contribution in [-0.4, -0.2) is 38.4 Å². The highest BCUT2D eigenvalue weighted by Gasteiger charge is 2.26. The maximum atomic E-state index is 12.5. The fourth-order valence-electron chi connectivity index (χ4n) is 4.91. The Hall–Kier alpha value is -3.78. The molecule has 0 saturated carbocycles. The van der Waals surface area contributed by atoms with Crippen LogP contribution < -0.4 is 30.7 Å². The van der Waals surface area contributed by atoms with E-state index in [2.05, 4.69) is 51.6 Å². The molecule has 1 saturated heterocycles. The van der Waals surface area contributed by atoms with Crippen molar-refractivity contribution in [3.8, 4) is 11.5 Å². The third-order valence-corrected chi connectivity index (χ3v) is 6.80. The zero-order valence-electron chi connectivity index (χ0n) is 19.6. The van der Waals surface area contributed by atoms with Crippen LogP contribution in [0.5, 0.6) is 11.5 Å². The monoisotopic (exact) mass is 473 g/mol. The van der Waals surface area contributed by atoms with Gasteiger partial charge in [0, 0.05) is 13.1 Å². The van der Waals surface area contributed by atoms with Crippen LogP contribution in [0.25, 0.3) is 10.8 Å². The molecule has 2 amide bonds. The molecule has 0 bridgehead atoms. The molecule has 2 aliphatic rings. The fraction of sp³-hybridized carbons (Fsp3) is 0.333. The van der Waals surface area contributed by atoms with E-state index in [1.165, 1.54) is 5.56 Å². The smallest absolute Gasteiger partial charge is 0.321 e. The van der Waals surface area contributed by atoms with Gasteiger partial charge in [0.2, 0.25) is 6.79 Å². The number of nitrogens with one attached hydrogen (secondary N) is 5. The molecule has 5 N–H and O–H groups in total. The van der Waals surface area contributed by atoms with Crippen molar-refractivity contribution in [1.82, 2.24) is 21.3 Å². The highest BCUT2D eigenvalue weighted by Crippen LogP contribution is 2.34. The van der Waals surface area contributed by atoms with E-state index in [1.54, 1.807) is 0 Å². The summed E-state index contributed by atoms with van der Waals surface area (Å²) < 4.78 is 10.9. The van der Waals surface area contributed by atoms with Crippen molar-refractivity contribution in [2.75, 3.05) is 26.4 Å². The number of benzene rings is 3. The van der Waals surface area contributed by atoms with Crippen molar-refractivity contribution in [2.24, 2.45) is 11.8 Å². The minimum absolute atomic E-state index is 0.0161. The van der Waals surface area contributed by atoms with Crippen LogP contribution in [0, 0.1) is 17.2 Å². The number of amides is 2. The quantitative estimate of drug-likeness (QED) is 0.279. The Morgan fingerprint density at radius 2 is 1.86 bits per heavy atom. The van der Waals surface area contributed by atoms with Gasteiger partial charge in [0.25, 0.3) is 0 Å². The summed E-state index contributed by atoms with van der Waals surface area (Å²) in [6.07, 6.45) is 1.90. The van der Waals surface area contributed by atoms with Crippen molar-refractivity contribution in [3.05, 3.63) is 71.8 Å². The minimum Gasteiger partial charge on any atom is -0.454 e. The molecule has 0 spiro atoms. The predicted molar refractivity (Wildman–Crippen MR) is 136 cm³/mol. The number of hydrogen-bond acceptors (Lipinski definition) is 5. The number of rotatable bonds is 6. The molecular formula is C27H31N5O3.